The zero-order valence-electron chi connectivity index (χ0n) is 32.3. The summed E-state index contributed by atoms with van der Waals surface area (Å²) in [4.78, 5) is 92.3. The molecule has 0 aromatic heterocycles. The second-order valence-corrected chi connectivity index (χ2v) is 15.2. The number of hydrogen-bond acceptors (Lipinski definition) is 11. The molecule has 4 rings (SSSR count). The molecule has 3 aliphatic rings. The van der Waals surface area contributed by atoms with Crippen LogP contribution in [0.25, 0.3) is 0 Å². The van der Waals surface area contributed by atoms with Crippen molar-refractivity contribution in [3.05, 3.63) is 29.8 Å². The van der Waals surface area contributed by atoms with Gasteiger partial charge in [-0.05, 0) is 54.7 Å². The van der Waals surface area contributed by atoms with Crippen LogP contribution in [-0.2, 0) is 44.8 Å². The second kappa shape index (κ2) is 19.3. The predicted molar refractivity (Wildman–Crippen MR) is 198 cm³/mol. The van der Waals surface area contributed by atoms with E-state index in [4.69, 9.17) is 9.47 Å². The van der Waals surface area contributed by atoms with E-state index in [2.05, 4.69) is 21.3 Å². The summed E-state index contributed by atoms with van der Waals surface area (Å²) in [5, 5.41) is 30.8. The van der Waals surface area contributed by atoms with E-state index in [1.807, 2.05) is 20.8 Å². The molecule has 55 heavy (non-hydrogen) atoms. The standard InChI is InChI=1S/C38H56N6O11/c1-6-38(5,7-2)27-17-31(49)43(36(27)52)15-13-29(47)42-32(22(3)4)34(50)39-18-30(48)40-24-10-8-23(9-11-24)19-55-37(53)44-14-12-28(46)33(44)35(51)41-25-16-26(45)21-54-20-25/h8-11,22,25-28,32-33,45-46H,6-7,12-21H2,1-5H3,(H,39,50)(H,40,48)(H,41,51)(H,42,47). The van der Waals surface area contributed by atoms with Gasteiger partial charge in [-0.2, -0.15) is 0 Å². The molecule has 3 fully saturated rings. The van der Waals surface area contributed by atoms with Crippen molar-refractivity contribution in [2.24, 2.45) is 17.3 Å². The van der Waals surface area contributed by atoms with E-state index in [-0.39, 0.29) is 81.9 Å². The Morgan fingerprint density at radius 2 is 1.71 bits per heavy atom. The fourth-order valence-corrected chi connectivity index (χ4v) is 7.09. The van der Waals surface area contributed by atoms with Crippen molar-refractivity contribution in [1.29, 1.82) is 0 Å². The summed E-state index contributed by atoms with van der Waals surface area (Å²) in [6, 6.07) is 3.86. The van der Waals surface area contributed by atoms with E-state index in [1.165, 1.54) is 4.90 Å². The number of nitrogens with zero attached hydrogens (tertiary/aromatic N) is 2. The molecule has 0 aliphatic carbocycles. The summed E-state index contributed by atoms with van der Waals surface area (Å²) < 4.78 is 10.7. The zero-order valence-corrected chi connectivity index (χ0v) is 32.3. The number of benzene rings is 1. The SMILES string of the molecule is CCC(C)(CC)C1CC(=O)N(CCC(=O)NC(C(=O)NCC(=O)Nc2ccc(COC(=O)N3CCC(O)C3C(=O)NC3COCC(O)C3)cc2)C(C)C)C1=O. The van der Waals surface area contributed by atoms with Gasteiger partial charge in [-0.15, -0.1) is 0 Å². The highest BCUT2D eigenvalue weighted by atomic mass is 16.6. The number of aliphatic hydroxyl groups excluding tert-OH is 2. The first-order chi connectivity index (χ1) is 26.1. The van der Waals surface area contributed by atoms with Crippen LogP contribution >= 0.6 is 0 Å². The molecule has 0 radical (unpaired) electrons. The molecule has 1 aromatic carbocycles. The number of carbonyl (C=O) groups excluding carboxylic acids is 7. The van der Waals surface area contributed by atoms with E-state index in [0.717, 1.165) is 17.7 Å². The summed E-state index contributed by atoms with van der Waals surface area (Å²) in [6.45, 7) is 9.38. The second-order valence-electron chi connectivity index (χ2n) is 15.2. The predicted octanol–water partition coefficient (Wildman–Crippen LogP) is 0.811. The van der Waals surface area contributed by atoms with Crippen LogP contribution < -0.4 is 21.3 Å². The summed E-state index contributed by atoms with van der Waals surface area (Å²) in [5.41, 5.74) is 0.691. The number of amides is 7. The van der Waals surface area contributed by atoms with Gasteiger partial charge in [0.15, 0.2) is 0 Å². The number of nitrogens with one attached hydrogen (secondary N) is 4. The van der Waals surface area contributed by atoms with Crippen molar-refractivity contribution >= 4 is 47.2 Å². The Labute approximate surface area is 321 Å². The van der Waals surface area contributed by atoms with E-state index >= 15 is 0 Å². The van der Waals surface area contributed by atoms with Crippen molar-refractivity contribution in [2.45, 2.75) is 110 Å². The summed E-state index contributed by atoms with van der Waals surface area (Å²) in [6.07, 6.45) is -0.607. The van der Waals surface area contributed by atoms with Crippen LogP contribution in [0.15, 0.2) is 24.3 Å². The van der Waals surface area contributed by atoms with E-state index in [0.29, 0.717) is 17.7 Å². The van der Waals surface area contributed by atoms with Crippen LogP contribution in [-0.4, -0.2) is 125 Å². The minimum atomic E-state index is -1.15. The number of anilines is 1. The van der Waals surface area contributed by atoms with Gasteiger partial charge in [0.1, 0.15) is 18.7 Å². The summed E-state index contributed by atoms with van der Waals surface area (Å²) in [7, 11) is 0. The van der Waals surface area contributed by atoms with Gasteiger partial charge in [0.25, 0.3) is 0 Å². The normalized spacial score (nSPS) is 23.4. The lowest BCUT2D eigenvalue weighted by atomic mass is 9.72. The number of likely N-dealkylation sites (tertiary alicyclic amines) is 2. The molecular weight excluding hydrogens is 716 g/mol. The molecule has 0 bridgehead atoms. The Morgan fingerprint density at radius 1 is 1.02 bits per heavy atom. The lowest BCUT2D eigenvalue weighted by Crippen LogP contribution is -2.54. The highest BCUT2D eigenvalue weighted by Crippen LogP contribution is 2.41. The highest BCUT2D eigenvalue weighted by molar-refractivity contribution is 6.04. The maximum absolute atomic E-state index is 13.0. The first-order valence-corrected chi connectivity index (χ1v) is 19.0. The zero-order chi connectivity index (χ0) is 40.4. The molecule has 1 aromatic rings. The van der Waals surface area contributed by atoms with Gasteiger partial charge in [0.05, 0.1) is 43.9 Å². The van der Waals surface area contributed by atoms with Crippen molar-refractivity contribution in [2.75, 3.05) is 38.2 Å². The molecule has 0 spiro atoms. The molecule has 3 saturated heterocycles. The Morgan fingerprint density at radius 3 is 2.35 bits per heavy atom. The van der Waals surface area contributed by atoms with Crippen LogP contribution in [0.3, 0.4) is 0 Å². The molecule has 17 nitrogen and oxygen atoms in total. The Balaban J connectivity index is 1.19. The Hall–Kier alpha value is -4.61. The maximum atomic E-state index is 13.0. The van der Waals surface area contributed by atoms with Crippen molar-refractivity contribution in [3.63, 3.8) is 0 Å². The Bertz CT molecular complexity index is 1570. The minimum Gasteiger partial charge on any atom is -0.445 e. The molecular formula is C38H56N6O11. The minimum absolute atomic E-state index is 0.0782. The summed E-state index contributed by atoms with van der Waals surface area (Å²) >= 11 is 0. The van der Waals surface area contributed by atoms with Crippen molar-refractivity contribution < 1.29 is 53.2 Å². The largest absolute Gasteiger partial charge is 0.445 e. The van der Waals surface area contributed by atoms with Gasteiger partial charge < -0.3 is 41.0 Å². The van der Waals surface area contributed by atoms with Crippen LogP contribution in [0.4, 0.5) is 10.5 Å². The van der Waals surface area contributed by atoms with Crippen LogP contribution in [0.5, 0.6) is 0 Å². The van der Waals surface area contributed by atoms with Crippen LogP contribution in [0.1, 0.15) is 78.7 Å². The van der Waals surface area contributed by atoms with Crippen LogP contribution in [0, 0.1) is 17.3 Å². The number of carbonyl (C=O) groups is 7. The molecule has 3 heterocycles. The molecule has 0 saturated carbocycles. The van der Waals surface area contributed by atoms with Gasteiger partial charge in [-0.3, -0.25) is 38.6 Å². The summed E-state index contributed by atoms with van der Waals surface area (Å²) in [5.74, 6) is -3.48. The fourth-order valence-electron chi connectivity index (χ4n) is 7.09. The number of ether oxygens (including phenoxy) is 2. The molecule has 7 amide bonds. The van der Waals surface area contributed by atoms with Gasteiger partial charge in [-0.1, -0.05) is 46.8 Å². The third kappa shape index (κ3) is 11.2. The molecule has 6 atom stereocenters. The van der Waals surface area contributed by atoms with E-state index < -0.39 is 66.0 Å². The highest BCUT2D eigenvalue weighted by Gasteiger charge is 2.47. The number of aliphatic hydroxyl groups is 2. The third-order valence-corrected chi connectivity index (χ3v) is 11.0. The lowest BCUT2D eigenvalue weighted by molar-refractivity contribution is -0.141. The number of hydrogen-bond donors (Lipinski definition) is 6. The average molecular weight is 773 g/mol. The first kappa shape index (κ1) is 43.1. The molecule has 6 unspecified atom stereocenters. The number of rotatable bonds is 16. The molecule has 17 heteroatoms. The maximum Gasteiger partial charge on any atom is 0.410 e. The van der Waals surface area contributed by atoms with Crippen LogP contribution in [0.2, 0.25) is 0 Å². The van der Waals surface area contributed by atoms with E-state index in [1.54, 1.807) is 38.1 Å². The van der Waals surface area contributed by atoms with Crippen molar-refractivity contribution in [1.82, 2.24) is 25.8 Å². The van der Waals surface area contributed by atoms with E-state index in [9.17, 15) is 43.8 Å². The Kier molecular flexibility index (Phi) is 15.1. The lowest BCUT2D eigenvalue weighted by Gasteiger charge is -2.31. The van der Waals surface area contributed by atoms with Gasteiger partial charge in [-0.25, -0.2) is 4.79 Å². The van der Waals surface area contributed by atoms with Gasteiger partial charge >= 0.3 is 6.09 Å². The van der Waals surface area contributed by atoms with Crippen molar-refractivity contribution in [3.8, 4) is 0 Å². The smallest absolute Gasteiger partial charge is 0.410 e. The monoisotopic (exact) mass is 772 g/mol. The fraction of sp³-hybridized carbons (Fsp3) is 0.658. The number of imide groups is 1. The first-order valence-electron chi connectivity index (χ1n) is 19.0. The molecule has 3 aliphatic heterocycles. The van der Waals surface area contributed by atoms with Gasteiger partial charge in [0.2, 0.25) is 35.4 Å². The quantitative estimate of drug-likeness (QED) is 0.129. The van der Waals surface area contributed by atoms with Gasteiger partial charge in [0, 0.05) is 31.6 Å². The molecule has 6 N–H and O–H groups in total. The average Bonchev–Trinajstić information content (AvgIpc) is 3.68. The molecule has 304 valence electrons. The topological polar surface area (TPSA) is 233 Å². The third-order valence-electron chi connectivity index (χ3n) is 11.0.